The van der Waals surface area contributed by atoms with Gasteiger partial charge in [-0.05, 0) is 43.2 Å². The number of nitrogen functional groups attached to an aromatic ring is 1. The minimum Gasteiger partial charge on any atom is -0.497 e. The molecule has 0 amide bonds. The Morgan fingerprint density at radius 2 is 2.00 bits per heavy atom. The van der Waals surface area contributed by atoms with E-state index in [2.05, 4.69) is 13.8 Å². The van der Waals surface area contributed by atoms with E-state index in [4.69, 9.17) is 10.5 Å². The third kappa shape index (κ3) is 2.91. The first-order chi connectivity index (χ1) is 9.02. The van der Waals surface area contributed by atoms with Crippen molar-refractivity contribution in [1.29, 1.82) is 0 Å². The van der Waals surface area contributed by atoms with Crippen LogP contribution < -0.4 is 10.5 Å². The number of hydrogen-bond donors (Lipinski definition) is 1. The summed E-state index contributed by atoms with van der Waals surface area (Å²) in [7, 11) is 1.60. The van der Waals surface area contributed by atoms with Crippen LogP contribution in [0.4, 0.5) is 5.69 Å². The van der Waals surface area contributed by atoms with Gasteiger partial charge in [0.2, 0.25) is 0 Å². The summed E-state index contributed by atoms with van der Waals surface area (Å²) in [6.07, 6.45) is 3.09. The molecule has 104 valence electrons. The summed E-state index contributed by atoms with van der Waals surface area (Å²) in [6.45, 7) is 4.51. The molecule has 0 aromatic heterocycles. The van der Waals surface area contributed by atoms with E-state index in [1.54, 1.807) is 25.3 Å². The molecule has 3 unspecified atom stereocenters. The Hall–Kier alpha value is -1.51. The molecule has 3 heteroatoms. The molecule has 0 spiro atoms. The van der Waals surface area contributed by atoms with Crippen molar-refractivity contribution in [3.63, 3.8) is 0 Å². The number of hydrogen-bond acceptors (Lipinski definition) is 3. The van der Waals surface area contributed by atoms with E-state index in [9.17, 15) is 4.79 Å². The van der Waals surface area contributed by atoms with Gasteiger partial charge >= 0.3 is 0 Å². The van der Waals surface area contributed by atoms with Crippen LogP contribution in [0, 0.1) is 17.8 Å². The van der Waals surface area contributed by atoms with Crippen molar-refractivity contribution >= 4 is 11.5 Å². The normalized spacial score (nSPS) is 27.0. The minimum atomic E-state index is 0.127. The van der Waals surface area contributed by atoms with Crippen molar-refractivity contribution in [3.8, 4) is 5.75 Å². The van der Waals surface area contributed by atoms with Crippen LogP contribution in [0.25, 0.3) is 0 Å². The maximum Gasteiger partial charge on any atom is 0.168 e. The van der Waals surface area contributed by atoms with Gasteiger partial charge in [-0.1, -0.05) is 13.8 Å². The molecule has 1 aromatic rings. The molecular formula is C16H23NO2. The number of rotatable bonds is 3. The number of methoxy groups -OCH3 is 1. The zero-order valence-corrected chi connectivity index (χ0v) is 12.0. The van der Waals surface area contributed by atoms with E-state index in [0.717, 1.165) is 25.2 Å². The van der Waals surface area contributed by atoms with Gasteiger partial charge in [0.25, 0.3) is 0 Å². The lowest BCUT2D eigenvalue weighted by Gasteiger charge is -2.31. The molecular weight excluding hydrogens is 238 g/mol. The summed E-state index contributed by atoms with van der Waals surface area (Å²) < 4.78 is 5.12. The number of ether oxygens (including phenoxy) is 1. The van der Waals surface area contributed by atoms with Crippen LogP contribution >= 0.6 is 0 Å². The fourth-order valence-corrected chi connectivity index (χ4v) is 2.90. The SMILES string of the molecule is COc1ccc(C(=O)C2CCC(C)C(C)C2)c(N)c1. The molecule has 1 fully saturated rings. The fourth-order valence-electron chi connectivity index (χ4n) is 2.90. The summed E-state index contributed by atoms with van der Waals surface area (Å²) in [5, 5.41) is 0. The van der Waals surface area contributed by atoms with Gasteiger partial charge in [-0.15, -0.1) is 0 Å². The predicted molar refractivity (Wildman–Crippen MR) is 77.4 cm³/mol. The highest BCUT2D eigenvalue weighted by molar-refractivity contribution is 6.02. The summed E-state index contributed by atoms with van der Waals surface area (Å²) >= 11 is 0. The highest BCUT2D eigenvalue weighted by atomic mass is 16.5. The molecule has 1 saturated carbocycles. The standard InChI is InChI=1S/C16H23NO2/c1-10-4-5-12(8-11(10)2)16(18)14-7-6-13(19-3)9-15(14)17/h6-7,9-12H,4-5,8,17H2,1-3H3. The first kappa shape index (κ1) is 13.9. The zero-order chi connectivity index (χ0) is 14.0. The molecule has 3 atom stereocenters. The number of nitrogens with two attached hydrogens (primary N) is 1. The molecule has 0 bridgehead atoms. The molecule has 1 aliphatic carbocycles. The molecule has 0 radical (unpaired) electrons. The van der Waals surface area contributed by atoms with Crippen LogP contribution in [-0.2, 0) is 0 Å². The number of carbonyl (C=O) groups excluding carboxylic acids is 1. The lowest BCUT2D eigenvalue weighted by molar-refractivity contribution is 0.0838. The molecule has 0 heterocycles. The van der Waals surface area contributed by atoms with Gasteiger partial charge in [0, 0.05) is 23.2 Å². The van der Waals surface area contributed by atoms with E-state index >= 15 is 0 Å². The molecule has 1 aliphatic rings. The summed E-state index contributed by atoms with van der Waals surface area (Å²) in [5.41, 5.74) is 7.14. The first-order valence-corrected chi connectivity index (χ1v) is 7.00. The maximum absolute atomic E-state index is 12.6. The number of carbonyl (C=O) groups is 1. The van der Waals surface area contributed by atoms with Crippen LogP contribution in [0.2, 0.25) is 0 Å². The van der Waals surface area contributed by atoms with Crippen molar-refractivity contribution in [3.05, 3.63) is 23.8 Å². The summed E-state index contributed by atoms with van der Waals surface area (Å²) in [5.74, 6) is 2.35. The summed E-state index contributed by atoms with van der Waals surface area (Å²) in [6, 6.07) is 5.32. The van der Waals surface area contributed by atoms with Crippen molar-refractivity contribution in [1.82, 2.24) is 0 Å². The Balaban J connectivity index is 2.16. The van der Waals surface area contributed by atoms with Crippen LogP contribution in [0.5, 0.6) is 5.75 Å². The third-order valence-corrected chi connectivity index (χ3v) is 4.49. The topological polar surface area (TPSA) is 52.3 Å². The van der Waals surface area contributed by atoms with Gasteiger partial charge in [0.15, 0.2) is 5.78 Å². The van der Waals surface area contributed by atoms with Gasteiger partial charge in [-0.3, -0.25) is 4.79 Å². The Labute approximate surface area is 115 Å². The van der Waals surface area contributed by atoms with Gasteiger partial charge in [-0.25, -0.2) is 0 Å². The molecule has 0 saturated heterocycles. The van der Waals surface area contributed by atoms with Crippen LogP contribution in [0.15, 0.2) is 18.2 Å². The minimum absolute atomic E-state index is 0.127. The van der Waals surface area contributed by atoms with E-state index in [0.29, 0.717) is 22.9 Å². The van der Waals surface area contributed by atoms with Crippen LogP contribution in [-0.4, -0.2) is 12.9 Å². The quantitative estimate of drug-likeness (QED) is 0.669. The third-order valence-electron chi connectivity index (χ3n) is 4.49. The smallest absolute Gasteiger partial charge is 0.168 e. The first-order valence-electron chi connectivity index (χ1n) is 7.00. The molecule has 0 aliphatic heterocycles. The second-order valence-corrected chi connectivity index (χ2v) is 5.78. The average Bonchev–Trinajstić information content (AvgIpc) is 2.41. The largest absolute Gasteiger partial charge is 0.497 e. The lowest BCUT2D eigenvalue weighted by atomic mass is 9.73. The lowest BCUT2D eigenvalue weighted by Crippen LogP contribution is -2.27. The monoisotopic (exact) mass is 261 g/mol. The Morgan fingerprint density at radius 1 is 1.26 bits per heavy atom. The van der Waals surface area contributed by atoms with E-state index in [1.807, 2.05) is 0 Å². The van der Waals surface area contributed by atoms with Crippen molar-refractivity contribution in [2.75, 3.05) is 12.8 Å². The van der Waals surface area contributed by atoms with Crippen LogP contribution in [0.1, 0.15) is 43.5 Å². The van der Waals surface area contributed by atoms with Gasteiger partial charge in [0.1, 0.15) is 5.75 Å². The van der Waals surface area contributed by atoms with Gasteiger partial charge in [-0.2, -0.15) is 0 Å². The fraction of sp³-hybridized carbons (Fsp3) is 0.562. The predicted octanol–water partition coefficient (Wildman–Crippen LogP) is 3.53. The molecule has 1 aromatic carbocycles. The van der Waals surface area contributed by atoms with E-state index < -0.39 is 0 Å². The van der Waals surface area contributed by atoms with Gasteiger partial charge in [0.05, 0.1) is 7.11 Å². The zero-order valence-electron chi connectivity index (χ0n) is 12.0. The summed E-state index contributed by atoms with van der Waals surface area (Å²) in [4.78, 5) is 12.6. The molecule has 19 heavy (non-hydrogen) atoms. The highest BCUT2D eigenvalue weighted by Crippen LogP contribution is 2.36. The Morgan fingerprint density at radius 3 is 2.58 bits per heavy atom. The highest BCUT2D eigenvalue weighted by Gasteiger charge is 2.30. The van der Waals surface area contributed by atoms with Crippen molar-refractivity contribution in [2.24, 2.45) is 17.8 Å². The van der Waals surface area contributed by atoms with Gasteiger partial charge < -0.3 is 10.5 Å². The Kier molecular flexibility index (Phi) is 4.13. The van der Waals surface area contributed by atoms with E-state index in [1.165, 1.54) is 0 Å². The number of ketones is 1. The molecule has 2 rings (SSSR count). The maximum atomic E-state index is 12.6. The number of anilines is 1. The average molecular weight is 261 g/mol. The molecule has 3 nitrogen and oxygen atoms in total. The number of benzene rings is 1. The Bertz CT molecular complexity index is 470. The van der Waals surface area contributed by atoms with Crippen LogP contribution in [0.3, 0.4) is 0 Å². The second kappa shape index (κ2) is 5.64. The van der Waals surface area contributed by atoms with Crippen molar-refractivity contribution < 1.29 is 9.53 Å². The second-order valence-electron chi connectivity index (χ2n) is 5.78. The van der Waals surface area contributed by atoms with Crippen molar-refractivity contribution in [2.45, 2.75) is 33.1 Å². The molecule has 2 N–H and O–H groups in total. The van der Waals surface area contributed by atoms with E-state index in [-0.39, 0.29) is 11.7 Å². The number of Topliss-reactive ketones (excluding diaryl/α,β-unsaturated/α-hetero) is 1.